The lowest BCUT2D eigenvalue weighted by Gasteiger charge is -2.32. The zero-order valence-electron chi connectivity index (χ0n) is 16.0. The Morgan fingerprint density at radius 3 is 2.70 bits per heavy atom. The molecular formula is C21H29IN4O. The van der Waals surface area contributed by atoms with Crippen molar-refractivity contribution in [3.8, 4) is 0 Å². The Hall–Kier alpha value is -1.67. The van der Waals surface area contributed by atoms with E-state index in [9.17, 15) is 0 Å². The van der Waals surface area contributed by atoms with Crippen LogP contribution in [-0.4, -0.2) is 31.1 Å². The molecule has 5 nitrogen and oxygen atoms in total. The molecule has 3 rings (SSSR count). The maximum absolute atomic E-state index is 6.10. The van der Waals surface area contributed by atoms with Gasteiger partial charge in [0.15, 0.2) is 5.96 Å². The normalized spacial score (nSPS) is 19.9. The first kappa shape index (κ1) is 21.6. The van der Waals surface area contributed by atoms with Crippen molar-refractivity contribution in [2.24, 2.45) is 10.9 Å². The Kier molecular flexibility index (Phi) is 9.00. The Balaban J connectivity index is 0.00000261. The van der Waals surface area contributed by atoms with Crippen molar-refractivity contribution in [1.29, 1.82) is 0 Å². The second-order valence-electron chi connectivity index (χ2n) is 6.73. The molecule has 2 atom stereocenters. The van der Waals surface area contributed by atoms with Crippen LogP contribution < -0.4 is 10.6 Å². The van der Waals surface area contributed by atoms with Gasteiger partial charge in [0, 0.05) is 32.3 Å². The number of hydrogen-bond acceptors (Lipinski definition) is 3. The summed E-state index contributed by atoms with van der Waals surface area (Å²) in [6, 6.07) is 14.6. The minimum atomic E-state index is 0. The van der Waals surface area contributed by atoms with E-state index in [0.29, 0.717) is 12.5 Å². The predicted octanol–water partition coefficient (Wildman–Crippen LogP) is 3.84. The van der Waals surface area contributed by atoms with Crippen LogP contribution in [0.3, 0.4) is 0 Å². The topological polar surface area (TPSA) is 58.5 Å². The number of hydrogen-bond donors (Lipinski definition) is 2. The fourth-order valence-corrected chi connectivity index (χ4v) is 3.30. The second kappa shape index (κ2) is 11.2. The first-order valence-corrected chi connectivity index (χ1v) is 9.29. The van der Waals surface area contributed by atoms with Crippen molar-refractivity contribution in [3.63, 3.8) is 0 Å². The maximum Gasteiger partial charge on any atom is 0.191 e. The van der Waals surface area contributed by atoms with Crippen LogP contribution in [0.5, 0.6) is 0 Å². The largest absolute Gasteiger partial charge is 0.373 e. The SMILES string of the molecule is CN=C(NCc1ccccn1)NCC1CCCOC1c1ccc(C)cc1.I. The molecule has 27 heavy (non-hydrogen) atoms. The highest BCUT2D eigenvalue weighted by Crippen LogP contribution is 2.33. The third kappa shape index (κ3) is 6.46. The van der Waals surface area contributed by atoms with Gasteiger partial charge in [-0.2, -0.15) is 0 Å². The molecule has 0 bridgehead atoms. The van der Waals surface area contributed by atoms with E-state index >= 15 is 0 Å². The fourth-order valence-electron chi connectivity index (χ4n) is 3.30. The van der Waals surface area contributed by atoms with E-state index in [1.807, 2.05) is 18.2 Å². The van der Waals surface area contributed by atoms with Crippen LogP contribution in [0, 0.1) is 12.8 Å². The number of aryl methyl sites for hydroxylation is 1. The molecular weight excluding hydrogens is 451 g/mol. The number of pyridine rings is 1. The van der Waals surface area contributed by atoms with E-state index < -0.39 is 0 Å². The molecule has 2 heterocycles. The molecule has 1 aromatic heterocycles. The van der Waals surface area contributed by atoms with Gasteiger partial charge < -0.3 is 15.4 Å². The third-order valence-corrected chi connectivity index (χ3v) is 4.77. The van der Waals surface area contributed by atoms with Gasteiger partial charge in [0.25, 0.3) is 0 Å². The van der Waals surface area contributed by atoms with E-state index in [-0.39, 0.29) is 30.1 Å². The van der Waals surface area contributed by atoms with Crippen LogP contribution in [0.15, 0.2) is 53.7 Å². The highest BCUT2D eigenvalue weighted by atomic mass is 127. The third-order valence-electron chi connectivity index (χ3n) is 4.77. The predicted molar refractivity (Wildman–Crippen MR) is 120 cm³/mol. The van der Waals surface area contributed by atoms with Gasteiger partial charge in [0.05, 0.1) is 18.3 Å². The Labute approximate surface area is 179 Å². The van der Waals surface area contributed by atoms with Crippen molar-refractivity contribution < 1.29 is 4.74 Å². The van der Waals surface area contributed by atoms with Gasteiger partial charge in [-0.1, -0.05) is 35.9 Å². The van der Waals surface area contributed by atoms with Crippen LogP contribution in [-0.2, 0) is 11.3 Å². The highest BCUT2D eigenvalue weighted by molar-refractivity contribution is 14.0. The zero-order valence-corrected chi connectivity index (χ0v) is 18.4. The molecule has 0 radical (unpaired) electrons. The smallest absolute Gasteiger partial charge is 0.191 e. The summed E-state index contributed by atoms with van der Waals surface area (Å²) in [5, 5.41) is 6.77. The molecule has 6 heteroatoms. The van der Waals surface area contributed by atoms with E-state index in [4.69, 9.17) is 4.74 Å². The highest BCUT2D eigenvalue weighted by Gasteiger charge is 2.27. The van der Waals surface area contributed by atoms with E-state index in [1.165, 1.54) is 11.1 Å². The molecule has 1 fully saturated rings. The number of ether oxygens (including phenoxy) is 1. The van der Waals surface area contributed by atoms with Crippen LogP contribution in [0.4, 0.5) is 0 Å². The molecule has 2 aromatic rings. The standard InChI is InChI=1S/C21H28N4O.HI/c1-16-8-10-17(11-9-16)20-18(6-5-13-26-20)14-24-21(22-2)25-15-19-7-3-4-12-23-19;/h3-4,7-12,18,20H,5-6,13-15H2,1-2H3,(H2,22,24,25);1H. The monoisotopic (exact) mass is 480 g/mol. The molecule has 2 unspecified atom stereocenters. The van der Waals surface area contributed by atoms with Crippen LogP contribution >= 0.6 is 24.0 Å². The minimum absolute atomic E-state index is 0. The van der Waals surface area contributed by atoms with Gasteiger partial charge in [-0.25, -0.2) is 0 Å². The summed E-state index contributed by atoms with van der Waals surface area (Å²) >= 11 is 0. The van der Waals surface area contributed by atoms with E-state index in [1.54, 1.807) is 13.2 Å². The number of nitrogens with zero attached hydrogens (tertiary/aromatic N) is 2. The first-order valence-electron chi connectivity index (χ1n) is 9.29. The molecule has 0 spiro atoms. The molecule has 0 aliphatic carbocycles. The van der Waals surface area contributed by atoms with E-state index in [0.717, 1.165) is 37.6 Å². The van der Waals surface area contributed by atoms with E-state index in [2.05, 4.69) is 51.8 Å². The maximum atomic E-state index is 6.10. The summed E-state index contributed by atoms with van der Waals surface area (Å²) in [5.41, 5.74) is 3.53. The number of rotatable bonds is 5. The number of nitrogens with one attached hydrogen (secondary N) is 2. The summed E-state index contributed by atoms with van der Waals surface area (Å²) in [6.07, 6.45) is 4.21. The summed E-state index contributed by atoms with van der Waals surface area (Å²) in [6.45, 7) is 4.44. The molecule has 1 aliphatic rings. The van der Waals surface area contributed by atoms with Gasteiger partial charge in [-0.05, 0) is 37.5 Å². The van der Waals surface area contributed by atoms with Crippen molar-refractivity contribution in [2.45, 2.75) is 32.4 Å². The number of guanidine groups is 1. The molecule has 1 aromatic carbocycles. The molecule has 146 valence electrons. The Bertz CT molecular complexity index is 706. The van der Waals surface area contributed by atoms with Crippen LogP contribution in [0.1, 0.15) is 35.8 Å². The Morgan fingerprint density at radius 1 is 1.19 bits per heavy atom. The van der Waals surface area contributed by atoms with Gasteiger partial charge in [0.2, 0.25) is 0 Å². The van der Waals surface area contributed by atoms with Gasteiger partial charge >= 0.3 is 0 Å². The summed E-state index contributed by atoms with van der Waals surface area (Å²) in [5.74, 6) is 1.23. The summed E-state index contributed by atoms with van der Waals surface area (Å²) < 4.78 is 6.10. The summed E-state index contributed by atoms with van der Waals surface area (Å²) in [7, 11) is 1.79. The minimum Gasteiger partial charge on any atom is -0.373 e. The number of aliphatic imine (C=N–C) groups is 1. The quantitative estimate of drug-likeness (QED) is 0.388. The number of aromatic nitrogens is 1. The Morgan fingerprint density at radius 2 is 2.00 bits per heavy atom. The lowest BCUT2D eigenvalue weighted by Crippen LogP contribution is -2.41. The van der Waals surface area contributed by atoms with Gasteiger partial charge in [0.1, 0.15) is 0 Å². The number of benzene rings is 1. The van der Waals surface area contributed by atoms with Crippen LogP contribution in [0.25, 0.3) is 0 Å². The fraction of sp³-hybridized carbons (Fsp3) is 0.429. The molecule has 0 amide bonds. The van der Waals surface area contributed by atoms with Gasteiger partial charge in [-0.3, -0.25) is 9.98 Å². The van der Waals surface area contributed by atoms with Crippen molar-refractivity contribution in [3.05, 3.63) is 65.5 Å². The molecule has 0 saturated carbocycles. The number of halogens is 1. The zero-order chi connectivity index (χ0) is 18.2. The summed E-state index contributed by atoms with van der Waals surface area (Å²) in [4.78, 5) is 8.65. The first-order chi connectivity index (χ1) is 12.8. The average molecular weight is 480 g/mol. The lowest BCUT2D eigenvalue weighted by molar-refractivity contribution is -0.0265. The van der Waals surface area contributed by atoms with Crippen molar-refractivity contribution >= 4 is 29.9 Å². The van der Waals surface area contributed by atoms with Gasteiger partial charge in [-0.15, -0.1) is 24.0 Å². The molecule has 2 N–H and O–H groups in total. The molecule has 1 saturated heterocycles. The van der Waals surface area contributed by atoms with Crippen LogP contribution in [0.2, 0.25) is 0 Å². The van der Waals surface area contributed by atoms with Crippen molar-refractivity contribution in [2.75, 3.05) is 20.2 Å². The molecule has 1 aliphatic heterocycles. The lowest BCUT2D eigenvalue weighted by atomic mass is 9.89. The second-order valence-corrected chi connectivity index (χ2v) is 6.73. The van der Waals surface area contributed by atoms with Crippen molar-refractivity contribution in [1.82, 2.24) is 15.6 Å². The average Bonchev–Trinajstić information content (AvgIpc) is 2.70.